The Morgan fingerprint density at radius 3 is 2.93 bits per heavy atom. The van der Waals surface area contributed by atoms with Crippen LogP contribution in [0.5, 0.6) is 0 Å². The SMILES string of the molecule is CC.CC1=CC=CC(C/C=N\NN)C1. The van der Waals surface area contributed by atoms with E-state index in [1.165, 1.54) is 5.57 Å². The van der Waals surface area contributed by atoms with Crippen molar-refractivity contribution in [1.29, 1.82) is 0 Å². The maximum atomic E-state index is 4.99. The Morgan fingerprint density at radius 1 is 1.64 bits per heavy atom. The third-order valence-electron chi connectivity index (χ3n) is 1.92. The normalized spacial score (nSPS) is 20.0. The molecule has 0 bridgehead atoms. The van der Waals surface area contributed by atoms with Crippen molar-refractivity contribution in [3.05, 3.63) is 23.8 Å². The Hall–Kier alpha value is -1.09. The second kappa shape index (κ2) is 8.51. The molecule has 0 aromatic carbocycles. The Kier molecular flexibility index (Phi) is 7.84. The summed E-state index contributed by atoms with van der Waals surface area (Å²) in [6.45, 7) is 6.15. The number of hydrogen-bond donors (Lipinski definition) is 2. The summed E-state index contributed by atoms with van der Waals surface area (Å²) < 4.78 is 0. The number of nitrogens with zero attached hydrogens (tertiary/aromatic N) is 1. The lowest BCUT2D eigenvalue weighted by atomic mass is 9.93. The van der Waals surface area contributed by atoms with Crippen LogP contribution in [0.2, 0.25) is 0 Å². The van der Waals surface area contributed by atoms with Gasteiger partial charge >= 0.3 is 0 Å². The summed E-state index contributed by atoms with van der Waals surface area (Å²) in [6.07, 6.45) is 10.4. The van der Waals surface area contributed by atoms with Crippen LogP contribution in [0, 0.1) is 5.92 Å². The molecule has 1 rings (SSSR count). The average Bonchev–Trinajstić information content (AvgIpc) is 2.21. The van der Waals surface area contributed by atoms with Gasteiger partial charge in [0, 0.05) is 6.21 Å². The van der Waals surface area contributed by atoms with E-state index in [-0.39, 0.29) is 0 Å². The molecule has 0 radical (unpaired) electrons. The summed E-state index contributed by atoms with van der Waals surface area (Å²) in [5.74, 6) is 5.58. The lowest BCUT2D eigenvalue weighted by molar-refractivity contribution is 0.664. The van der Waals surface area contributed by atoms with Gasteiger partial charge in [-0.2, -0.15) is 5.10 Å². The highest BCUT2D eigenvalue weighted by atomic mass is 15.5. The highest BCUT2D eigenvalue weighted by molar-refractivity contribution is 5.57. The summed E-state index contributed by atoms with van der Waals surface area (Å²) >= 11 is 0. The van der Waals surface area contributed by atoms with Crippen molar-refractivity contribution in [2.75, 3.05) is 0 Å². The smallest absolute Gasteiger partial charge is 0.0264 e. The Morgan fingerprint density at radius 2 is 2.36 bits per heavy atom. The van der Waals surface area contributed by atoms with Crippen molar-refractivity contribution in [3.63, 3.8) is 0 Å². The van der Waals surface area contributed by atoms with Gasteiger partial charge in [0.05, 0.1) is 0 Å². The van der Waals surface area contributed by atoms with Crippen molar-refractivity contribution >= 4 is 6.21 Å². The molecular weight excluding hydrogens is 174 g/mol. The molecule has 80 valence electrons. The molecule has 0 aliphatic heterocycles. The van der Waals surface area contributed by atoms with E-state index in [2.05, 4.69) is 35.8 Å². The summed E-state index contributed by atoms with van der Waals surface area (Å²) in [6, 6.07) is 0. The van der Waals surface area contributed by atoms with E-state index < -0.39 is 0 Å². The van der Waals surface area contributed by atoms with Gasteiger partial charge in [0.1, 0.15) is 0 Å². The molecule has 0 aromatic heterocycles. The van der Waals surface area contributed by atoms with Crippen molar-refractivity contribution in [2.45, 2.75) is 33.6 Å². The van der Waals surface area contributed by atoms with Crippen molar-refractivity contribution < 1.29 is 0 Å². The summed E-state index contributed by atoms with van der Waals surface area (Å²) in [5.41, 5.74) is 3.68. The molecule has 1 unspecified atom stereocenters. The van der Waals surface area contributed by atoms with Gasteiger partial charge in [-0.15, -0.1) is 0 Å². The number of allylic oxidation sites excluding steroid dienone is 4. The highest BCUT2D eigenvalue weighted by Crippen LogP contribution is 2.19. The summed E-state index contributed by atoms with van der Waals surface area (Å²) in [4.78, 5) is 0. The third kappa shape index (κ3) is 5.54. The van der Waals surface area contributed by atoms with Crippen LogP contribution in [0.25, 0.3) is 0 Å². The van der Waals surface area contributed by atoms with Gasteiger partial charge in [0.15, 0.2) is 0 Å². The molecule has 14 heavy (non-hydrogen) atoms. The second-order valence-electron chi connectivity index (χ2n) is 3.04. The van der Waals surface area contributed by atoms with Crippen LogP contribution < -0.4 is 11.4 Å². The second-order valence-corrected chi connectivity index (χ2v) is 3.04. The Balaban J connectivity index is 0.000000791. The predicted molar refractivity (Wildman–Crippen MR) is 62.8 cm³/mol. The molecule has 1 aliphatic rings. The van der Waals surface area contributed by atoms with Crippen LogP contribution in [0.1, 0.15) is 33.6 Å². The van der Waals surface area contributed by atoms with Gasteiger partial charge in [-0.05, 0) is 25.7 Å². The minimum atomic E-state index is 0.590. The molecule has 3 heteroatoms. The number of hydrazine groups is 1. The van der Waals surface area contributed by atoms with E-state index in [1.807, 2.05) is 20.1 Å². The third-order valence-corrected chi connectivity index (χ3v) is 1.92. The van der Waals surface area contributed by atoms with Gasteiger partial charge < -0.3 is 0 Å². The van der Waals surface area contributed by atoms with E-state index in [9.17, 15) is 0 Å². The topological polar surface area (TPSA) is 50.4 Å². The number of hydrogen-bond acceptors (Lipinski definition) is 3. The van der Waals surface area contributed by atoms with Gasteiger partial charge in [-0.1, -0.05) is 37.6 Å². The molecule has 0 saturated heterocycles. The first kappa shape index (κ1) is 12.9. The van der Waals surface area contributed by atoms with Crippen LogP contribution in [0.4, 0.5) is 0 Å². The first-order valence-electron chi connectivity index (χ1n) is 5.14. The average molecular weight is 195 g/mol. The lowest BCUT2D eigenvalue weighted by Crippen LogP contribution is -2.14. The van der Waals surface area contributed by atoms with Gasteiger partial charge in [-0.25, -0.2) is 11.4 Å². The molecular formula is C11H21N3. The molecule has 3 N–H and O–H groups in total. The van der Waals surface area contributed by atoms with Crippen LogP contribution in [-0.4, -0.2) is 6.21 Å². The van der Waals surface area contributed by atoms with Gasteiger partial charge in [0.25, 0.3) is 0 Å². The minimum absolute atomic E-state index is 0.590. The van der Waals surface area contributed by atoms with E-state index in [0.29, 0.717) is 5.92 Å². The predicted octanol–water partition coefficient (Wildman–Crippen LogP) is 2.37. The molecule has 0 aromatic rings. The monoisotopic (exact) mass is 195 g/mol. The highest BCUT2D eigenvalue weighted by Gasteiger charge is 2.06. The molecule has 0 saturated carbocycles. The fraction of sp³-hybridized carbons (Fsp3) is 0.545. The molecule has 0 heterocycles. The standard InChI is InChI=1S/C9H15N3.C2H6/c1-8-3-2-4-9(7-8)5-6-11-12-10;1-2/h2-4,6,9,12H,5,7,10H2,1H3;1-2H3/b11-6-;. The first-order valence-corrected chi connectivity index (χ1v) is 5.14. The fourth-order valence-electron chi connectivity index (χ4n) is 1.33. The van der Waals surface area contributed by atoms with Gasteiger partial charge in [0.2, 0.25) is 0 Å². The largest absolute Gasteiger partial charge is 0.246 e. The molecule has 0 spiro atoms. The number of nitrogens with two attached hydrogens (primary N) is 1. The van der Waals surface area contributed by atoms with Crippen molar-refractivity contribution in [2.24, 2.45) is 16.9 Å². The van der Waals surface area contributed by atoms with E-state index >= 15 is 0 Å². The van der Waals surface area contributed by atoms with E-state index in [0.717, 1.165) is 12.8 Å². The van der Waals surface area contributed by atoms with Gasteiger partial charge in [-0.3, -0.25) is 0 Å². The molecule has 0 amide bonds. The van der Waals surface area contributed by atoms with Crippen LogP contribution in [0.15, 0.2) is 28.9 Å². The maximum absolute atomic E-state index is 4.99. The molecule has 3 nitrogen and oxygen atoms in total. The zero-order chi connectivity index (χ0) is 10.8. The van der Waals surface area contributed by atoms with Crippen molar-refractivity contribution in [3.8, 4) is 0 Å². The first-order chi connectivity index (χ1) is 6.83. The van der Waals surface area contributed by atoms with Crippen LogP contribution in [-0.2, 0) is 0 Å². The number of rotatable bonds is 3. The summed E-state index contributed by atoms with van der Waals surface area (Å²) in [7, 11) is 0. The van der Waals surface area contributed by atoms with E-state index in [1.54, 1.807) is 0 Å². The molecule has 1 atom stereocenters. The minimum Gasteiger partial charge on any atom is -0.246 e. The fourth-order valence-corrected chi connectivity index (χ4v) is 1.33. The zero-order valence-electron chi connectivity index (χ0n) is 9.33. The van der Waals surface area contributed by atoms with Crippen LogP contribution >= 0.6 is 0 Å². The van der Waals surface area contributed by atoms with Crippen LogP contribution in [0.3, 0.4) is 0 Å². The quantitative estimate of drug-likeness (QED) is 0.412. The Labute approximate surface area is 86.7 Å². The lowest BCUT2D eigenvalue weighted by Gasteiger charge is -2.13. The maximum Gasteiger partial charge on any atom is 0.0264 e. The number of nitrogens with one attached hydrogen (secondary N) is 1. The summed E-state index contributed by atoms with van der Waals surface area (Å²) in [5, 5.41) is 3.74. The van der Waals surface area contributed by atoms with Crippen molar-refractivity contribution in [1.82, 2.24) is 5.53 Å². The number of hydrazone groups is 1. The zero-order valence-corrected chi connectivity index (χ0v) is 9.33. The Bertz CT molecular complexity index is 217. The van der Waals surface area contributed by atoms with E-state index in [4.69, 9.17) is 5.84 Å². The molecule has 1 aliphatic carbocycles. The molecule has 0 fully saturated rings.